The number of thiophene rings is 1. The molecule has 0 amide bonds. The van der Waals surface area contributed by atoms with Crippen molar-refractivity contribution in [2.24, 2.45) is 0 Å². The summed E-state index contributed by atoms with van der Waals surface area (Å²) in [4.78, 5) is 10.2. The molecule has 1 aliphatic rings. The zero-order chi connectivity index (χ0) is 12.8. The number of rotatable bonds is 2. The van der Waals surface area contributed by atoms with Crippen LogP contribution < -0.4 is 0 Å². The maximum atomic E-state index is 6.39. The van der Waals surface area contributed by atoms with Gasteiger partial charge in [-0.05, 0) is 18.4 Å². The fraction of sp³-hybridized carbons (Fsp3) is 0.200. The molecule has 0 atom stereocenters. The van der Waals surface area contributed by atoms with Gasteiger partial charge < -0.3 is 0 Å². The number of benzene rings is 1. The van der Waals surface area contributed by atoms with Crippen molar-refractivity contribution in [3.63, 3.8) is 0 Å². The summed E-state index contributed by atoms with van der Waals surface area (Å²) in [6.07, 6.45) is 2.39. The third-order valence-corrected chi connectivity index (χ3v) is 4.58. The van der Waals surface area contributed by atoms with E-state index in [0.29, 0.717) is 11.1 Å². The molecule has 0 bridgehead atoms. The lowest BCUT2D eigenvalue weighted by molar-refractivity contribution is 0.951. The number of nitrogens with zero attached hydrogens (tertiary/aromatic N) is 2. The van der Waals surface area contributed by atoms with Crippen molar-refractivity contribution in [1.29, 1.82) is 0 Å². The summed E-state index contributed by atoms with van der Waals surface area (Å²) in [5, 5.41) is 3.70. The van der Waals surface area contributed by atoms with E-state index in [2.05, 4.69) is 27.5 Å². The molecule has 2 aromatic heterocycles. The van der Waals surface area contributed by atoms with Gasteiger partial charge in [-0.15, -0.1) is 11.3 Å². The first kappa shape index (κ1) is 11.4. The highest BCUT2D eigenvalue weighted by Gasteiger charge is 2.28. The molecule has 94 valence electrons. The molecule has 0 radical (unpaired) electrons. The van der Waals surface area contributed by atoms with Crippen LogP contribution in [0.4, 0.5) is 0 Å². The van der Waals surface area contributed by atoms with E-state index in [1.807, 2.05) is 18.2 Å². The van der Waals surface area contributed by atoms with Gasteiger partial charge in [0.2, 0.25) is 0 Å². The highest BCUT2D eigenvalue weighted by atomic mass is 35.5. The molecule has 0 spiro atoms. The molecule has 19 heavy (non-hydrogen) atoms. The van der Waals surface area contributed by atoms with Crippen LogP contribution in [0.3, 0.4) is 0 Å². The molecule has 2 nitrogen and oxygen atoms in total. The van der Waals surface area contributed by atoms with Crippen LogP contribution in [0.2, 0.25) is 5.15 Å². The van der Waals surface area contributed by atoms with Gasteiger partial charge >= 0.3 is 0 Å². The Bertz CT molecular complexity index is 747. The minimum absolute atomic E-state index is 0.532. The Hall–Kier alpha value is -1.45. The summed E-state index contributed by atoms with van der Waals surface area (Å²) in [5.41, 5.74) is 2.30. The SMILES string of the molecule is Clc1nc(C2CC2)nc2scc(-c3ccccc3)c12. The predicted molar refractivity (Wildman–Crippen MR) is 79.8 cm³/mol. The molecule has 1 fully saturated rings. The molecule has 2 heterocycles. The summed E-state index contributed by atoms with van der Waals surface area (Å²) < 4.78 is 0. The molecule has 3 aromatic rings. The molecule has 4 rings (SSSR count). The van der Waals surface area contributed by atoms with Gasteiger partial charge in [-0.2, -0.15) is 0 Å². The molecule has 1 aromatic carbocycles. The van der Waals surface area contributed by atoms with Crippen LogP contribution in [-0.2, 0) is 0 Å². The van der Waals surface area contributed by atoms with E-state index in [0.717, 1.165) is 21.6 Å². The van der Waals surface area contributed by atoms with E-state index >= 15 is 0 Å². The highest BCUT2D eigenvalue weighted by Crippen LogP contribution is 2.42. The number of hydrogen-bond acceptors (Lipinski definition) is 3. The van der Waals surface area contributed by atoms with Crippen LogP contribution in [0.25, 0.3) is 21.3 Å². The van der Waals surface area contributed by atoms with Crippen molar-refractivity contribution < 1.29 is 0 Å². The van der Waals surface area contributed by atoms with Gasteiger partial charge in [0.05, 0.1) is 5.39 Å². The summed E-state index contributed by atoms with van der Waals surface area (Å²) in [6.45, 7) is 0. The van der Waals surface area contributed by atoms with Crippen LogP contribution in [-0.4, -0.2) is 9.97 Å². The Morgan fingerprint density at radius 2 is 1.89 bits per heavy atom. The lowest BCUT2D eigenvalue weighted by Crippen LogP contribution is -1.92. The molecule has 0 saturated heterocycles. The third-order valence-electron chi connectivity index (χ3n) is 3.43. The Balaban J connectivity index is 1.94. The fourth-order valence-electron chi connectivity index (χ4n) is 2.27. The van der Waals surface area contributed by atoms with Gasteiger partial charge in [-0.3, -0.25) is 0 Å². The third kappa shape index (κ3) is 1.94. The zero-order valence-electron chi connectivity index (χ0n) is 10.1. The van der Waals surface area contributed by atoms with Crippen LogP contribution in [0.15, 0.2) is 35.7 Å². The predicted octanol–water partition coefficient (Wildman–Crippen LogP) is 4.89. The van der Waals surface area contributed by atoms with Crippen molar-refractivity contribution in [1.82, 2.24) is 9.97 Å². The van der Waals surface area contributed by atoms with Crippen molar-refractivity contribution >= 4 is 33.2 Å². The van der Waals surface area contributed by atoms with E-state index in [1.54, 1.807) is 11.3 Å². The molecule has 4 heteroatoms. The maximum absolute atomic E-state index is 6.39. The van der Waals surface area contributed by atoms with Crippen molar-refractivity contribution in [3.8, 4) is 11.1 Å². The fourth-order valence-corrected chi connectivity index (χ4v) is 3.56. The van der Waals surface area contributed by atoms with E-state index < -0.39 is 0 Å². The number of hydrogen-bond donors (Lipinski definition) is 0. The second-order valence-corrected chi connectivity index (χ2v) is 6.06. The first-order valence-electron chi connectivity index (χ1n) is 6.33. The van der Waals surface area contributed by atoms with Gasteiger partial charge in [-0.25, -0.2) is 9.97 Å². The second kappa shape index (κ2) is 4.29. The Kier molecular flexibility index (Phi) is 2.57. The average molecular weight is 287 g/mol. The Morgan fingerprint density at radius 1 is 1.11 bits per heavy atom. The topological polar surface area (TPSA) is 25.8 Å². The van der Waals surface area contributed by atoms with Crippen molar-refractivity contribution in [3.05, 3.63) is 46.7 Å². The number of halogens is 1. The maximum Gasteiger partial charge on any atom is 0.142 e. The zero-order valence-corrected chi connectivity index (χ0v) is 11.7. The van der Waals surface area contributed by atoms with Crippen molar-refractivity contribution in [2.75, 3.05) is 0 Å². The molecule has 0 aliphatic heterocycles. The monoisotopic (exact) mass is 286 g/mol. The highest BCUT2D eigenvalue weighted by molar-refractivity contribution is 7.17. The summed E-state index contributed by atoms with van der Waals surface area (Å²) in [7, 11) is 0. The van der Waals surface area contributed by atoms with Crippen LogP contribution in [0.1, 0.15) is 24.6 Å². The van der Waals surface area contributed by atoms with E-state index in [9.17, 15) is 0 Å². The summed E-state index contributed by atoms with van der Waals surface area (Å²) in [5.74, 6) is 1.45. The summed E-state index contributed by atoms with van der Waals surface area (Å²) >= 11 is 8.03. The Morgan fingerprint density at radius 3 is 2.63 bits per heavy atom. The Labute approximate surface area is 120 Å². The van der Waals surface area contributed by atoms with Gasteiger partial charge in [0.15, 0.2) is 0 Å². The normalized spacial score (nSPS) is 15.0. The smallest absolute Gasteiger partial charge is 0.142 e. The van der Waals surface area contributed by atoms with Crippen LogP contribution in [0, 0.1) is 0 Å². The number of fused-ring (bicyclic) bond motifs is 1. The largest absolute Gasteiger partial charge is 0.222 e. The molecule has 0 N–H and O–H groups in total. The first-order chi connectivity index (χ1) is 9.33. The van der Waals surface area contributed by atoms with Gasteiger partial charge in [0.1, 0.15) is 15.8 Å². The minimum atomic E-state index is 0.532. The lowest BCUT2D eigenvalue weighted by Gasteiger charge is -2.02. The van der Waals surface area contributed by atoms with Gasteiger partial charge in [-0.1, -0.05) is 41.9 Å². The standard InChI is InChI=1S/C15H11ClN2S/c16-13-12-11(9-4-2-1-3-5-9)8-19-15(12)18-14(17-13)10-6-7-10/h1-5,8,10H,6-7H2. The van der Waals surface area contributed by atoms with Crippen LogP contribution >= 0.6 is 22.9 Å². The molecular weight excluding hydrogens is 276 g/mol. The lowest BCUT2D eigenvalue weighted by atomic mass is 10.1. The van der Waals surface area contributed by atoms with Crippen LogP contribution in [0.5, 0.6) is 0 Å². The molecule has 1 aliphatic carbocycles. The second-order valence-electron chi connectivity index (χ2n) is 4.84. The van der Waals surface area contributed by atoms with Gasteiger partial charge in [0.25, 0.3) is 0 Å². The van der Waals surface area contributed by atoms with Crippen molar-refractivity contribution in [2.45, 2.75) is 18.8 Å². The average Bonchev–Trinajstić information content (AvgIpc) is 3.20. The number of aromatic nitrogens is 2. The molecule has 1 saturated carbocycles. The molecular formula is C15H11ClN2S. The minimum Gasteiger partial charge on any atom is -0.222 e. The summed E-state index contributed by atoms with van der Waals surface area (Å²) in [6, 6.07) is 10.3. The van der Waals surface area contributed by atoms with E-state index in [1.165, 1.54) is 18.4 Å². The first-order valence-corrected chi connectivity index (χ1v) is 7.59. The quantitative estimate of drug-likeness (QED) is 0.627. The van der Waals surface area contributed by atoms with E-state index in [-0.39, 0.29) is 0 Å². The molecule has 0 unspecified atom stereocenters. The van der Waals surface area contributed by atoms with E-state index in [4.69, 9.17) is 11.6 Å². The van der Waals surface area contributed by atoms with Gasteiger partial charge in [0, 0.05) is 16.9 Å².